The number of fused-ring (bicyclic) bond motifs is 1. The predicted octanol–water partition coefficient (Wildman–Crippen LogP) is 2.34. The lowest BCUT2D eigenvalue weighted by molar-refractivity contribution is -0.130. The summed E-state index contributed by atoms with van der Waals surface area (Å²) in [7, 11) is 1.68. The van der Waals surface area contributed by atoms with Crippen molar-refractivity contribution in [1.29, 1.82) is 0 Å². The van der Waals surface area contributed by atoms with Crippen LogP contribution >= 0.6 is 0 Å². The number of pyridine rings is 1. The van der Waals surface area contributed by atoms with Crippen LogP contribution < -0.4 is 20.9 Å². The van der Waals surface area contributed by atoms with Crippen LogP contribution in [0.2, 0.25) is 0 Å². The number of carbonyl (C=O) groups is 3. The summed E-state index contributed by atoms with van der Waals surface area (Å²) < 4.78 is 0. The number of hydrogen-bond acceptors (Lipinski definition) is 5. The van der Waals surface area contributed by atoms with Gasteiger partial charge in [-0.1, -0.05) is 26.0 Å². The van der Waals surface area contributed by atoms with Gasteiger partial charge in [0, 0.05) is 18.3 Å². The molecule has 0 spiro atoms. The van der Waals surface area contributed by atoms with E-state index in [-0.39, 0.29) is 23.6 Å². The highest BCUT2D eigenvalue weighted by molar-refractivity contribution is 6.09. The van der Waals surface area contributed by atoms with Gasteiger partial charge in [-0.05, 0) is 68.6 Å². The number of anilines is 2. The van der Waals surface area contributed by atoms with Gasteiger partial charge in [0.25, 0.3) is 5.91 Å². The Bertz CT molecular complexity index is 1030. The molecule has 0 radical (unpaired) electrons. The fourth-order valence-corrected chi connectivity index (χ4v) is 4.07. The van der Waals surface area contributed by atoms with Gasteiger partial charge in [-0.3, -0.25) is 19.3 Å². The Hall–Kier alpha value is -3.26. The van der Waals surface area contributed by atoms with Gasteiger partial charge < -0.3 is 16.0 Å². The molecule has 2 heterocycles. The van der Waals surface area contributed by atoms with Crippen LogP contribution in [0.4, 0.5) is 11.5 Å². The smallest absolute Gasteiger partial charge is 0.251 e. The molecule has 0 saturated carbocycles. The number of likely N-dealkylation sites (N-methyl/N-ethyl adjacent to an activating group) is 1. The molecule has 0 saturated heterocycles. The molecule has 3 atom stereocenters. The van der Waals surface area contributed by atoms with E-state index in [1.165, 1.54) is 4.90 Å². The van der Waals surface area contributed by atoms with E-state index in [0.29, 0.717) is 17.9 Å². The third kappa shape index (κ3) is 5.39. The normalized spacial score (nSPS) is 16.8. The number of rotatable bonds is 7. The largest absolute Gasteiger partial charge is 0.343 e. The zero-order chi connectivity index (χ0) is 24.3. The molecule has 0 aliphatic carbocycles. The summed E-state index contributed by atoms with van der Waals surface area (Å²) in [6.45, 7) is 9.40. The second kappa shape index (κ2) is 10.1. The van der Waals surface area contributed by atoms with Crippen LogP contribution in [-0.4, -0.2) is 47.9 Å². The van der Waals surface area contributed by atoms with Gasteiger partial charge in [-0.15, -0.1) is 0 Å². The van der Waals surface area contributed by atoms with Crippen molar-refractivity contribution in [2.24, 2.45) is 5.92 Å². The van der Waals surface area contributed by atoms with E-state index >= 15 is 0 Å². The number of hydrogen-bond donors (Lipinski definition) is 3. The van der Waals surface area contributed by atoms with Crippen LogP contribution in [0.25, 0.3) is 0 Å². The number of amides is 3. The standard InChI is InChI=1S/C25H33N5O3/c1-14(2)21(29-23(31)17(5)26-6)25(33)30-20(13-18-8-7-9-27-22(18)30)24(32)28-19-11-15(3)10-16(4)12-19/h7-12,14,17,20-21,26H,13H2,1-6H3,(H,28,32)(H,29,31)/t17-,20?,21?/m0/s1. The van der Waals surface area contributed by atoms with Crippen molar-refractivity contribution in [3.05, 3.63) is 53.2 Å². The second-order valence-electron chi connectivity index (χ2n) is 9.02. The Morgan fingerprint density at radius 3 is 2.36 bits per heavy atom. The molecule has 3 rings (SSSR count). The number of aryl methyl sites for hydroxylation is 2. The molecule has 2 unspecified atom stereocenters. The Balaban J connectivity index is 1.91. The molecule has 1 aromatic carbocycles. The average Bonchev–Trinajstić information content (AvgIpc) is 3.15. The van der Waals surface area contributed by atoms with E-state index in [1.54, 1.807) is 26.2 Å². The van der Waals surface area contributed by atoms with Crippen LogP contribution in [0.1, 0.15) is 37.5 Å². The molecule has 0 fully saturated rings. The van der Waals surface area contributed by atoms with Crippen LogP contribution in [0, 0.1) is 19.8 Å². The SMILES string of the molecule is CN[C@@H](C)C(=O)NC(C(=O)N1c2ncccc2CC1C(=O)Nc1cc(C)cc(C)c1)C(C)C. The van der Waals surface area contributed by atoms with Crippen molar-refractivity contribution >= 4 is 29.2 Å². The van der Waals surface area contributed by atoms with E-state index in [1.807, 2.05) is 52.0 Å². The van der Waals surface area contributed by atoms with Crippen LogP contribution in [-0.2, 0) is 20.8 Å². The first-order chi connectivity index (χ1) is 15.6. The Labute approximate surface area is 195 Å². The third-order valence-corrected chi connectivity index (χ3v) is 5.91. The van der Waals surface area contributed by atoms with Gasteiger partial charge in [-0.25, -0.2) is 4.98 Å². The monoisotopic (exact) mass is 451 g/mol. The maximum atomic E-state index is 13.7. The number of nitrogens with one attached hydrogen (secondary N) is 3. The molecule has 8 heteroatoms. The molecular formula is C25H33N5O3. The highest BCUT2D eigenvalue weighted by atomic mass is 16.2. The summed E-state index contributed by atoms with van der Waals surface area (Å²) >= 11 is 0. The Kier molecular flexibility index (Phi) is 7.48. The van der Waals surface area contributed by atoms with Crippen LogP contribution in [0.15, 0.2) is 36.5 Å². The minimum absolute atomic E-state index is 0.179. The van der Waals surface area contributed by atoms with E-state index < -0.39 is 18.1 Å². The van der Waals surface area contributed by atoms with Gasteiger partial charge in [-0.2, -0.15) is 0 Å². The molecule has 8 nitrogen and oxygen atoms in total. The van der Waals surface area contributed by atoms with Crippen molar-refractivity contribution in [3.8, 4) is 0 Å². The van der Waals surface area contributed by atoms with Crippen molar-refractivity contribution in [1.82, 2.24) is 15.6 Å². The lowest BCUT2D eigenvalue weighted by Crippen LogP contribution is -2.57. The Morgan fingerprint density at radius 2 is 1.76 bits per heavy atom. The predicted molar refractivity (Wildman–Crippen MR) is 129 cm³/mol. The van der Waals surface area contributed by atoms with Crippen LogP contribution in [0.5, 0.6) is 0 Å². The molecule has 3 amide bonds. The summed E-state index contributed by atoms with van der Waals surface area (Å²) in [6.07, 6.45) is 1.96. The minimum atomic E-state index is -0.794. The molecule has 1 aromatic heterocycles. The quantitative estimate of drug-likeness (QED) is 0.600. The molecule has 2 aromatic rings. The topological polar surface area (TPSA) is 103 Å². The molecule has 0 bridgehead atoms. The van der Waals surface area contributed by atoms with Crippen molar-refractivity contribution in [2.75, 3.05) is 17.3 Å². The van der Waals surface area contributed by atoms with E-state index in [0.717, 1.165) is 16.7 Å². The second-order valence-corrected chi connectivity index (χ2v) is 9.02. The summed E-state index contributed by atoms with van der Waals surface area (Å²) in [6, 6.07) is 7.48. The fourth-order valence-electron chi connectivity index (χ4n) is 4.07. The third-order valence-electron chi connectivity index (χ3n) is 5.91. The first kappa shape index (κ1) is 24.4. The van der Waals surface area contributed by atoms with Crippen molar-refractivity contribution < 1.29 is 14.4 Å². The van der Waals surface area contributed by atoms with Gasteiger partial charge >= 0.3 is 0 Å². The van der Waals surface area contributed by atoms with E-state index in [4.69, 9.17) is 0 Å². The van der Waals surface area contributed by atoms with Crippen molar-refractivity contribution in [2.45, 2.75) is 59.2 Å². The number of benzene rings is 1. The first-order valence-electron chi connectivity index (χ1n) is 11.3. The first-order valence-corrected chi connectivity index (χ1v) is 11.3. The average molecular weight is 452 g/mol. The highest BCUT2D eigenvalue weighted by Crippen LogP contribution is 2.32. The van der Waals surface area contributed by atoms with Gasteiger partial charge in [0.15, 0.2) is 0 Å². The number of nitrogens with zero attached hydrogens (tertiary/aromatic N) is 2. The Morgan fingerprint density at radius 1 is 1.09 bits per heavy atom. The number of aromatic nitrogens is 1. The van der Waals surface area contributed by atoms with Gasteiger partial charge in [0.1, 0.15) is 17.9 Å². The van der Waals surface area contributed by atoms with Crippen LogP contribution in [0.3, 0.4) is 0 Å². The lowest BCUT2D eigenvalue weighted by Gasteiger charge is -2.31. The molecule has 33 heavy (non-hydrogen) atoms. The highest BCUT2D eigenvalue weighted by Gasteiger charge is 2.43. The summed E-state index contributed by atoms with van der Waals surface area (Å²) in [5, 5.41) is 8.69. The van der Waals surface area contributed by atoms with Gasteiger partial charge in [0.05, 0.1) is 6.04 Å². The molecule has 1 aliphatic heterocycles. The number of carbonyl (C=O) groups excluding carboxylic acids is 3. The molecule has 176 valence electrons. The molecular weight excluding hydrogens is 418 g/mol. The van der Waals surface area contributed by atoms with E-state index in [9.17, 15) is 14.4 Å². The van der Waals surface area contributed by atoms with E-state index in [2.05, 4.69) is 20.9 Å². The van der Waals surface area contributed by atoms with Gasteiger partial charge in [0.2, 0.25) is 11.8 Å². The summed E-state index contributed by atoms with van der Waals surface area (Å²) in [4.78, 5) is 45.5. The zero-order valence-electron chi connectivity index (χ0n) is 20.1. The molecule has 3 N–H and O–H groups in total. The maximum Gasteiger partial charge on any atom is 0.251 e. The maximum absolute atomic E-state index is 13.7. The zero-order valence-corrected chi connectivity index (χ0v) is 20.1. The fraction of sp³-hybridized carbons (Fsp3) is 0.440. The molecule has 1 aliphatic rings. The minimum Gasteiger partial charge on any atom is -0.343 e. The summed E-state index contributed by atoms with van der Waals surface area (Å²) in [5.41, 5.74) is 3.58. The van der Waals surface area contributed by atoms with Crippen molar-refractivity contribution in [3.63, 3.8) is 0 Å². The summed E-state index contributed by atoms with van der Waals surface area (Å²) in [5.74, 6) is -0.629. The lowest BCUT2D eigenvalue weighted by atomic mass is 10.0.